The smallest absolute Gasteiger partial charge is 0.270 e. The topological polar surface area (TPSA) is 81.5 Å². The Morgan fingerprint density at radius 3 is 2.85 bits per heavy atom. The lowest BCUT2D eigenvalue weighted by atomic mass is 10.1. The highest BCUT2D eigenvalue weighted by Crippen LogP contribution is 2.13. The molecule has 0 unspecified atom stereocenters. The van der Waals surface area contributed by atoms with Crippen LogP contribution in [0.3, 0.4) is 0 Å². The number of carbonyl (C=O) groups excluding carboxylic acids is 1. The van der Waals surface area contributed by atoms with Gasteiger partial charge in [-0.05, 0) is 26.8 Å². The van der Waals surface area contributed by atoms with Gasteiger partial charge >= 0.3 is 0 Å². The van der Waals surface area contributed by atoms with Crippen molar-refractivity contribution in [3.05, 3.63) is 39.9 Å². The van der Waals surface area contributed by atoms with Gasteiger partial charge in [0.1, 0.15) is 0 Å². The molecule has 0 spiro atoms. The summed E-state index contributed by atoms with van der Waals surface area (Å²) in [5, 5.41) is 13.6. The van der Waals surface area contributed by atoms with Crippen LogP contribution in [0.15, 0.2) is 24.3 Å². The van der Waals surface area contributed by atoms with Crippen LogP contribution >= 0.6 is 0 Å². The minimum absolute atomic E-state index is 0.0683. The van der Waals surface area contributed by atoms with Crippen LogP contribution in [0.1, 0.15) is 30.6 Å². The Labute approximate surface area is 118 Å². The maximum atomic E-state index is 11.8. The lowest BCUT2D eigenvalue weighted by molar-refractivity contribution is -0.384. The minimum Gasteiger partial charge on any atom is -0.379 e. The molecule has 0 saturated carbocycles. The van der Waals surface area contributed by atoms with Crippen molar-refractivity contribution in [1.29, 1.82) is 0 Å². The summed E-state index contributed by atoms with van der Waals surface area (Å²) in [5.41, 5.74) is 0.284. The van der Waals surface area contributed by atoms with Crippen LogP contribution in [0.25, 0.3) is 0 Å². The Balaban J connectivity index is 2.32. The summed E-state index contributed by atoms with van der Waals surface area (Å²) in [6.45, 7) is 5.43. The first kappa shape index (κ1) is 16.3. The lowest BCUT2D eigenvalue weighted by Gasteiger charge is -2.07. The molecule has 0 aliphatic carbocycles. The first-order valence-corrected chi connectivity index (χ1v) is 6.60. The average Bonchev–Trinajstić information content (AvgIpc) is 2.42. The fourth-order valence-electron chi connectivity index (χ4n) is 1.61. The van der Waals surface area contributed by atoms with Gasteiger partial charge < -0.3 is 10.1 Å². The molecule has 1 aromatic rings. The highest BCUT2D eigenvalue weighted by molar-refractivity contribution is 5.98. The predicted octanol–water partition coefficient (Wildman–Crippen LogP) is 2.18. The molecule has 0 radical (unpaired) electrons. The van der Waals surface area contributed by atoms with Gasteiger partial charge in [-0.25, -0.2) is 0 Å². The summed E-state index contributed by atoms with van der Waals surface area (Å²) in [6.07, 6.45) is 1.03. The van der Waals surface area contributed by atoms with Crippen molar-refractivity contribution in [3.63, 3.8) is 0 Å². The van der Waals surface area contributed by atoms with Crippen molar-refractivity contribution in [1.82, 2.24) is 5.32 Å². The van der Waals surface area contributed by atoms with E-state index in [9.17, 15) is 14.9 Å². The summed E-state index contributed by atoms with van der Waals surface area (Å²) >= 11 is 0. The number of nitro groups is 1. The zero-order chi connectivity index (χ0) is 15.0. The molecular formula is C14H20N2O4. The molecule has 110 valence electrons. The zero-order valence-corrected chi connectivity index (χ0v) is 11.8. The van der Waals surface area contributed by atoms with Crippen molar-refractivity contribution in [2.45, 2.75) is 26.4 Å². The summed E-state index contributed by atoms with van der Waals surface area (Å²) in [6, 6.07) is 5.76. The first-order chi connectivity index (χ1) is 9.50. The lowest BCUT2D eigenvalue weighted by Crippen LogP contribution is -2.25. The monoisotopic (exact) mass is 280 g/mol. The highest BCUT2D eigenvalue weighted by Gasteiger charge is 2.10. The zero-order valence-electron chi connectivity index (χ0n) is 11.8. The van der Waals surface area contributed by atoms with E-state index in [1.165, 1.54) is 18.2 Å². The van der Waals surface area contributed by atoms with Gasteiger partial charge in [0.05, 0.1) is 17.6 Å². The Bertz CT molecular complexity index is 460. The van der Waals surface area contributed by atoms with E-state index in [2.05, 4.69) is 5.32 Å². The molecule has 0 aromatic heterocycles. The average molecular weight is 280 g/mol. The molecule has 0 bridgehead atoms. The molecule has 1 N–H and O–H groups in total. The summed E-state index contributed by atoms with van der Waals surface area (Å²) in [7, 11) is 0. The second-order valence-corrected chi connectivity index (χ2v) is 4.68. The van der Waals surface area contributed by atoms with Gasteiger partial charge in [-0.1, -0.05) is 12.1 Å². The SMILES string of the molecule is CC(C)OCCCNCC(=O)c1cccc([N+](=O)[O-])c1. The second kappa shape index (κ2) is 8.39. The molecule has 0 aliphatic heterocycles. The first-order valence-electron chi connectivity index (χ1n) is 6.60. The summed E-state index contributed by atoms with van der Waals surface area (Å²) in [5.74, 6) is -0.154. The van der Waals surface area contributed by atoms with Gasteiger partial charge in [-0.3, -0.25) is 14.9 Å². The van der Waals surface area contributed by atoms with Gasteiger partial charge in [-0.15, -0.1) is 0 Å². The molecule has 0 saturated heterocycles. The minimum atomic E-state index is -0.506. The number of nitrogens with zero attached hydrogens (tertiary/aromatic N) is 1. The van der Waals surface area contributed by atoms with E-state index in [0.717, 1.165) is 6.42 Å². The van der Waals surface area contributed by atoms with Crippen molar-refractivity contribution in [2.24, 2.45) is 0 Å². The third-order valence-corrected chi connectivity index (χ3v) is 2.61. The van der Waals surface area contributed by atoms with Crippen LogP contribution in [0, 0.1) is 10.1 Å². The number of hydrogen-bond donors (Lipinski definition) is 1. The highest BCUT2D eigenvalue weighted by atomic mass is 16.6. The quantitative estimate of drug-likeness (QED) is 0.324. The van der Waals surface area contributed by atoms with E-state index >= 15 is 0 Å². The Morgan fingerprint density at radius 1 is 1.45 bits per heavy atom. The van der Waals surface area contributed by atoms with Crippen LogP contribution in [0.2, 0.25) is 0 Å². The fraction of sp³-hybridized carbons (Fsp3) is 0.500. The van der Waals surface area contributed by atoms with Gasteiger partial charge in [-0.2, -0.15) is 0 Å². The van der Waals surface area contributed by atoms with E-state index in [0.29, 0.717) is 18.7 Å². The molecule has 1 rings (SSSR count). The second-order valence-electron chi connectivity index (χ2n) is 4.68. The van der Waals surface area contributed by atoms with Crippen molar-refractivity contribution < 1.29 is 14.5 Å². The van der Waals surface area contributed by atoms with Crippen molar-refractivity contribution in [3.8, 4) is 0 Å². The number of hydrogen-bond acceptors (Lipinski definition) is 5. The van der Waals surface area contributed by atoms with Gasteiger partial charge in [0.25, 0.3) is 5.69 Å². The maximum absolute atomic E-state index is 11.8. The number of ether oxygens (including phenoxy) is 1. The Hall–Kier alpha value is -1.79. The molecular weight excluding hydrogens is 260 g/mol. The summed E-state index contributed by atoms with van der Waals surface area (Å²) in [4.78, 5) is 22.0. The third kappa shape index (κ3) is 5.90. The molecule has 1 aromatic carbocycles. The van der Waals surface area contributed by atoms with Gasteiger partial charge in [0.2, 0.25) is 0 Å². The van der Waals surface area contributed by atoms with Gasteiger partial charge in [0, 0.05) is 24.3 Å². The molecule has 6 heteroatoms. The van der Waals surface area contributed by atoms with Gasteiger partial charge in [0.15, 0.2) is 5.78 Å². The molecule has 0 heterocycles. The van der Waals surface area contributed by atoms with Crippen molar-refractivity contribution >= 4 is 11.5 Å². The number of nitrogens with one attached hydrogen (secondary N) is 1. The third-order valence-electron chi connectivity index (χ3n) is 2.61. The number of Topliss-reactive ketones (excluding diaryl/α,β-unsaturated/α-hetero) is 1. The number of ketones is 1. The van der Waals surface area contributed by atoms with Crippen LogP contribution < -0.4 is 5.32 Å². The Kier molecular flexibility index (Phi) is 6.83. The molecule has 0 atom stereocenters. The normalized spacial score (nSPS) is 10.8. The molecule has 20 heavy (non-hydrogen) atoms. The van der Waals surface area contributed by atoms with E-state index in [1.807, 2.05) is 13.8 Å². The van der Waals surface area contributed by atoms with E-state index < -0.39 is 4.92 Å². The predicted molar refractivity (Wildman–Crippen MR) is 76.0 cm³/mol. The number of non-ortho nitro benzene ring substituents is 1. The standard InChI is InChI=1S/C14H20N2O4/c1-11(2)20-8-4-7-15-10-14(17)12-5-3-6-13(9-12)16(18)19/h3,5-6,9,11,15H,4,7-8,10H2,1-2H3. The molecule has 0 fully saturated rings. The van der Waals surface area contributed by atoms with Crippen molar-refractivity contribution in [2.75, 3.05) is 19.7 Å². The fourth-order valence-corrected chi connectivity index (χ4v) is 1.61. The van der Waals surface area contributed by atoms with E-state index in [-0.39, 0.29) is 24.1 Å². The van der Waals surface area contributed by atoms with Crippen LogP contribution in [-0.2, 0) is 4.74 Å². The van der Waals surface area contributed by atoms with E-state index in [1.54, 1.807) is 6.07 Å². The maximum Gasteiger partial charge on any atom is 0.270 e. The largest absolute Gasteiger partial charge is 0.379 e. The summed E-state index contributed by atoms with van der Waals surface area (Å²) < 4.78 is 5.38. The van der Waals surface area contributed by atoms with Crippen LogP contribution in [-0.4, -0.2) is 36.5 Å². The molecule has 0 aliphatic rings. The molecule has 6 nitrogen and oxygen atoms in total. The number of carbonyl (C=O) groups is 1. The van der Waals surface area contributed by atoms with Crippen LogP contribution in [0.5, 0.6) is 0 Å². The van der Waals surface area contributed by atoms with E-state index in [4.69, 9.17) is 4.74 Å². The number of benzene rings is 1. The number of rotatable bonds is 9. The Morgan fingerprint density at radius 2 is 2.20 bits per heavy atom. The molecule has 0 amide bonds. The van der Waals surface area contributed by atoms with Crippen LogP contribution in [0.4, 0.5) is 5.69 Å². The number of nitro benzene ring substituents is 1.